The fourth-order valence-electron chi connectivity index (χ4n) is 0.695. The van der Waals surface area contributed by atoms with E-state index >= 15 is 0 Å². The van der Waals surface area contributed by atoms with Gasteiger partial charge in [-0.2, -0.15) is 5.10 Å². The Bertz CT molecular complexity index is 352. The maximum absolute atomic E-state index is 11.2. The van der Waals surface area contributed by atoms with Gasteiger partial charge in [-0.15, -0.1) is 0 Å². The van der Waals surface area contributed by atoms with Crippen LogP contribution in [0.3, 0.4) is 0 Å². The molecule has 76 valence electrons. The highest BCUT2D eigenvalue weighted by Gasteiger charge is 2.07. The maximum atomic E-state index is 11.2. The van der Waals surface area contributed by atoms with Gasteiger partial charge >= 0.3 is 0 Å². The average molecular weight is 197 g/mol. The van der Waals surface area contributed by atoms with Gasteiger partial charge in [-0.25, -0.2) is 10.6 Å². The highest BCUT2D eigenvalue weighted by atomic mass is 16.7. The molecule has 0 unspecified atom stereocenters. The smallest absolute Gasteiger partial charge is 0.271 e. The summed E-state index contributed by atoms with van der Waals surface area (Å²) in [6, 6.07) is 2.54. The molecule has 0 saturated carbocycles. The normalized spacial score (nSPS) is 10.2. The molecule has 6 heteroatoms. The van der Waals surface area contributed by atoms with Crippen LogP contribution in [0.15, 0.2) is 16.9 Å². The van der Waals surface area contributed by atoms with Crippen molar-refractivity contribution in [3.63, 3.8) is 0 Å². The lowest BCUT2D eigenvalue weighted by molar-refractivity contribution is -0.000205. The first kappa shape index (κ1) is 10.4. The number of carbonyl (C=O) groups is 1. The Morgan fingerprint density at radius 2 is 2.29 bits per heavy atom. The number of H-pyrrole nitrogens is 1. The van der Waals surface area contributed by atoms with Crippen molar-refractivity contribution >= 4 is 5.91 Å². The summed E-state index contributed by atoms with van der Waals surface area (Å²) in [7, 11) is 0. The summed E-state index contributed by atoms with van der Waals surface area (Å²) in [6.07, 6.45) is -0.110. The lowest BCUT2D eigenvalue weighted by Gasteiger charge is -2.06. The molecule has 1 aromatic heterocycles. The van der Waals surface area contributed by atoms with Crippen molar-refractivity contribution in [2.45, 2.75) is 20.0 Å². The van der Waals surface area contributed by atoms with Crippen molar-refractivity contribution in [1.82, 2.24) is 15.7 Å². The number of nitrogens with zero attached hydrogens (tertiary/aromatic N) is 1. The van der Waals surface area contributed by atoms with Crippen LogP contribution in [0.25, 0.3) is 0 Å². The van der Waals surface area contributed by atoms with Crippen molar-refractivity contribution in [3.05, 3.63) is 28.2 Å². The number of aromatic nitrogens is 2. The fourth-order valence-corrected chi connectivity index (χ4v) is 0.695. The first-order chi connectivity index (χ1) is 6.59. The van der Waals surface area contributed by atoms with Gasteiger partial charge in [-0.05, 0) is 19.9 Å². The van der Waals surface area contributed by atoms with Crippen molar-refractivity contribution in [2.24, 2.45) is 0 Å². The fraction of sp³-hybridized carbons (Fsp3) is 0.375. The molecule has 0 aliphatic carbocycles. The van der Waals surface area contributed by atoms with Crippen LogP contribution in [0.4, 0.5) is 0 Å². The average Bonchev–Trinajstić information content (AvgIpc) is 2.15. The van der Waals surface area contributed by atoms with Crippen LogP contribution in [0.1, 0.15) is 24.3 Å². The van der Waals surface area contributed by atoms with E-state index in [9.17, 15) is 9.59 Å². The Balaban J connectivity index is 2.61. The van der Waals surface area contributed by atoms with Gasteiger partial charge < -0.3 is 0 Å². The molecule has 1 amide bonds. The number of nitrogens with one attached hydrogen (secondary N) is 2. The van der Waals surface area contributed by atoms with E-state index in [1.807, 2.05) is 0 Å². The van der Waals surface area contributed by atoms with Crippen molar-refractivity contribution in [1.29, 1.82) is 0 Å². The van der Waals surface area contributed by atoms with Crippen LogP contribution in [0.2, 0.25) is 0 Å². The molecule has 2 N–H and O–H groups in total. The molecule has 0 saturated heterocycles. The number of amides is 1. The zero-order valence-corrected chi connectivity index (χ0v) is 7.90. The van der Waals surface area contributed by atoms with Gasteiger partial charge in [-0.3, -0.25) is 14.4 Å². The summed E-state index contributed by atoms with van der Waals surface area (Å²) in [4.78, 5) is 26.7. The minimum atomic E-state index is -0.491. The molecule has 0 atom stereocenters. The highest BCUT2D eigenvalue weighted by molar-refractivity contribution is 5.91. The molecule has 6 nitrogen and oxygen atoms in total. The van der Waals surface area contributed by atoms with E-state index in [-0.39, 0.29) is 17.4 Å². The molecule has 0 radical (unpaired) electrons. The number of aromatic amines is 1. The van der Waals surface area contributed by atoms with Crippen LogP contribution < -0.4 is 11.0 Å². The van der Waals surface area contributed by atoms with Gasteiger partial charge in [0.2, 0.25) is 0 Å². The lowest BCUT2D eigenvalue weighted by Crippen LogP contribution is -2.28. The molecule has 1 aromatic rings. The van der Waals surface area contributed by atoms with Gasteiger partial charge in [0, 0.05) is 6.07 Å². The lowest BCUT2D eigenvalue weighted by atomic mass is 10.4. The summed E-state index contributed by atoms with van der Waals surface area (Å²) in [5, 5.41) is 5.67. The van der Waals surface area contributed by atoms with Gasteiger partial charge in [0.05, 0.1) is 6.10 Å². The van der Waals surface area contributed by atoms with Crippen LogP contribution >= 0.6 is 0 Å². The third-order valence-electron chi connectivity index (χ3n) is 1.30. The Morgan fingerprint density at radius 3 is 2.79 bits per heavy atom. The van der Waals surface area contributed by atoms with Crippen LogP contribution in [0, 0.1) is 0 Å². The second-order valence-electron chi connectivity index (χ2n) is 2.90. The Kier molecular flexibility index (Phi) is 3.35. The monoisotopic (exact) mass is 197 g/mol. The number of hydrogen-bond acceptors (Lipinski definition) is 4. The summed E-state index contributed by atoms with van der Waals surface area (Å²) >= 11 is 0. The largest absolute Gasteiger partial charge is 0.295 e. The number of hydroxylamine groups is 1. The van der Waals surface area contributed by atoms with Gasteiger partial charge in [0.15, 0.2) is 5.69 Å². The molecular formula is C8H11N3O3. The van der Waals surface area contributed by atoms with E-state index in [2.05, 4.69) is 15.7 Å². The molecule has 0 fully saturated rings. The minimum absolute atomic E-state index is 0.102. The zero-order valence-electron chi connectivity index (χ0n) is 7.90. The Hall–Kier alpha value is -1.69. The van der Waals surface area contributed by atoms with Crippen molar-refractivity contribution < 1.29 is 9.63 Å². The molecule has 0 aromatic carbocycles. The summed E-state index contributed by atoms with van der Waals surface area (Å²) in [6.45, 7) is 3.56. The second-order valence-corrected chi connectivity index (χ2v) is 2.90. The Morgan fingerprint density at radius 1 is 1.57 bits per heavy atom. The van der Waals surface area contributed by atoms with E-state index in [1.54, 1.807) is 13.8 Å². The Labute approximate surface area is 80.2 Å². The molecule has 1 heterocycles. The third-order valence-corrected chi connectivity index (χ3v) is 1.30. The SMILES string of the molecule is CC(C)ONC(=O)c1ccc(=O)[nH]n1. The molecular weight excluding hydrogens is 186 g/mol. The van der Waals surface area contributed by atoms with Crippen LogP contribution in [0.5, 0.6) is 0 Å². The summed E-state index contributed by atoms with van der Waals surface area (Å²) in [5.74, 6) is -0.491. The third kappa shape index (κ3) is 2.98. The summed E-state index contributed by atoms with van der Waals surface area (Å²) in [5.41, 5.74) is 1.94. The molecule has 0 bridgehead atoms. The molecule has 0 aliphatic rings. The van der Waals surface area contributed by atoms with Crippen molar-refractivity contribution in [3.8, 4) is 0 Å². The van der Waals surface area contributed by atoms with E-state index in [1.165, 1.54) is 12.1 Å². The van der Waals surface area contributed by atoms with Crippen LogP contribution in [-0.2, 0) is 4.84 Å². The first-order valence-electron chi connectivity index (χ1n) is 4.11. The molecule has 14 heavy (non-hydrogen) atoms. The van der Waals surface area contributed by atoms with E-state index in [4.69, 9.17) is 4.84 Å². The summed E-state index contributed by atoms with van der Waals surface area (Å²) < 4.78 is 0. The van der Waals surface area contributed by atoms with Crippen LogP contribution in [-0.4, -0.2) is 22.2 Å². The number of rotatable bonds is 3. The predicted octanol–water partition coefficient (Wildman–Crippen LogP) is -0.160. The van der Waals surface area contributed by atoms with Gasteiger partial charge in [-0.1, -0.05) is 0 Å². The first-order valence-corrected chi connectivity index (χ1v) is 4.11. The van der Waals surface area contributed by atoms with Crippen molar-refractivity contribution in [2.75, 3.05) is 0 Å². The second kappa shape index (κ2) is 4.52. The molecule has 0 spiro atoms. The quantitative estimate of drug-likeness (QED) is 0.659. The van der Waals surface area contributed by atoms with E-state index in [0.717, 1.165) is 0 Å². The van der Waals surface area contributed by atoms with E-state index in [0.29, 0.717) is 0 Å². The topological polar surface area (TPSA) is 84.1 Å². The number of hydrogen-bond donors (Lipinski definition) is 2. The maximum Gasteiger partial charge on any atom is 0.295 e. The van der Waals surface area contributed by atoms with Gasteiger partial charge in [0.25, 0.3) is 11.5 Å². The zero-order chi connectivity index (χ0) is 10.6. The van der Waals surface area contributed by atoms with E-state index < -0.39 is 5.91 Å². The minimum Gasteiger partial charge on any atom is -0.271 e. The molecule has 1 rings (SSSR count). The highest BCUT2D eigenvalue weighted by Crippen LogP contribution is 1.90. The standard InChI is InChI=1S/C8H11N3O3/c1-5(2)14-11-8(13)6-3-4-7(12)10-9-6/h3-5H,1-2H3,(H,10,12)(H,11,13). The number of carbonyl (C=O) groups excluding carboxylic acids is 1. The van der Waals surface area contributed by atoms with Gasteiger partial charge in [0.1, 0.15) is 0 Å². The predicted molar refractivity (Wildman–Crippen MR) is 48.5 cm³/mol. The molecule has 0 aliphatic heterocycles.